The molecule has 134 valence electrons. The first-order chi connectivity index (χ1) is 11.1. The predicted molar refractivity (Wildman–Crippen MR) is 94.0 cm³/mol. The lowest BCUT2D eigenvalue weighted by atomic mass is 9.86. The number of aliphatic hydroxyl groups is 1. The topological polar surface area (TPSA) is 66.8 Å². The monoisotopic (exact) mass is 335 g/mol. The molecule has 0 fully saturated rings. The standard InChI is InChI=1S/C19H29NO4/c1-6-24-17(22)11-12-20(13-14(2)21)18(23)15-7-9-16(10-8-15)19(3,4)5/h7-10,14,21H,6,11-13H2,1-5H3. The van der Waals surface area contributed by atoms with Gasteiger partial charge < -0.3 is 14.7 Å². The number of carbonyl (C=O) groups is 2. The minimum Gasteiger partial charge on any atom is -0.466 e. The van der Waals surface area contributed by atoms with Crippen LogP contribution < -0.4 is 0 Å². The molecule has 1 aromatic carbocycles. The van der Waals surface area contributed by atoms with Crippen molar-refractivity contribution in [2.45, 2.75) is 52.6 Å². The molecule has 0 aliphatic heterocycles. The fourth-order valence-corrected chi connectivity index (χ4v) is 2.35. The Labute approximate surface area is 144 Å². The molecular weight excluding hydrogens is 306 g/mol. The second-order valence-electron chi connectivity index (χ2n) is 6.98. The van der Waals surface area contributed by atoms with Crippen molar-refractivity contribution in [3.63, 3.8) is 0 Å². The number of hydrogen-bond donors (Lipinski definition) is 1. The molecule has 1 rings (SSSR count). The molecular formula is C19H29NO4. The van der Waals surface area contributed by atoms with Gasteiger partial charge in [-0.15, -0.1) is 0 Å². The van der Waals surface area contributed by atoms with Gasteiger partial charge in [0.25, 0.3) is 5.91 Å². The lowest BCUT2D eigenvalue weighted by molar-refractivity contribution is -0.143. The molecule has 0 saturated heterocycles. The van der Waals surface area contributed by atoms with Crippen molar-refractivity contribution in [3.8, 4) is 0 Å². The van der Waals surface area contributed by atoms with Crippen molar-refractivity contribution < 1.29 is 19.4 Å². The summed E-state index contributed by atoms with van der Waals surface area (Å²) in [6.45, 7) is 10.4. The van der Waals surface area contributed by atoms with Crippen molar-refractivity contribution in [1.82, 2.24) is 4.90 Å². The maximum atomic E-state index is 12.7. The van der Waals surface area contributed by atoms with Crippen molar-refractivity contribution >= 4 is 11.9 Å². The highest BCUT2D eigenvalue weighted by molar-refractivity contribution is 5.94. The zero-order valence-electron chi connectivity index (χ0n) is 15.3. The fourth-order valence-electron chi connectivity index (χ4n) is 2.35. The van der Waals surface area contributed by atoms with Crippen LogP contribution in [0, 0.1) is 0 Å². The second-order valence-corrected chi connectivity index (χ2v) is 6.98. The van der Waals surface area contributed by atoms with Gasteiger partial charge >= 0.3 is 5.97 Å². The van der Waals surface area contributed by atoms with E-state index in [1.165, 1.54) is 4.90 Å². The van der Waals surface area contributed by atoms with Crippen molar-refractivity contribution in [2.24, 2.45) is 0 Å². The van der Waals surface area contributed by atoms with Crippen LogP contribution >= 0.6 is 0 Å². The van der Waals surface area contributed by atoms with Gasteiger partial charge in [0.2, 0.25) is 0 Å². The number of amides is 1. The normalized spacial score (nSPS) is 12.6. The smallest absolute Gasteiger partial charge is 0.307 e. The third-order valence-electron chi connectivity index (χ3n) is 3.66. The summed E-state index contributed by atoms with van der Waals surface area (Å²) < 4.78 is 4.90. The Kier molecular flexibility index (Phi) is 7.42. The van der Waals surface area contributed by atoms with Crippen LogP contribution in [-0.2, 0) is 14.9 Å². The van der Waals surface area contributed by atoms with Crippen LogP contribution in [0.1, 0.15) is 57.0 Å². The maximum Gasteiger partial charge on any atom is 0.307 e. The highest BCUT2D eigenvalue weighted by atomic mass is 16.5. The number of nitrogens with zero attached hydrogens (tertiary/aromatic N) is 1. The van der Waals surface area contributed by atoms with Gasteiger partial charge in [-0.3, -0.25) is 9.59 Å². The Balaban J connectivity index is 2.85. The largest absolute Gasteiger partial charge is 0.466 e. The second kappa shape index (κ2) is 8.83. The lowest BCUT2D eigenvalue weighted by Gasteiger charge is -2.24. The van der Waals surface area contributed by atoms with E-state index >= 15 is 0 Å². The number of rotatable bonds is 7. The van der Waals surface area contributed by atoms with E-state index in [1.807, 2.05) is 12.1 Å². The number of carbonyl (C=O) groups excluding carboxylic acids is 2. The Hall–Kier alpha value is -1.88. The van der Waals surface area contributed by atoms with E-state index in [4.69, 9.17) is 4.74 Å². The summed E-state index contributed by atoms with van der Waals surface area (Å²) in [7, 11) is 0. The van der Waals surface area contributed by atoms with Crippen LogP contribution in [0.3, 0.4) is 0 Å². The summed E-state index contributed by atoms with van der Waals surface area (Å²) in [5, 5.41) is 9.63. The SMILES string of the molecule is CCOC(=O)CCN(CC(C)O)C(=O)c1ccc(C(C)(C)C)cc1. The predicted octanol–water partition coefficient (Wildman–Crippen LogP) is 2.76. The quantitative estimate of drug-likeness (QED) is 0.778. The first kappa shape index (κ1) is 20.2. The highest BCUT2D eigenvalue weighted by Gasteiger charge is 2.20. The summed E-state index contributed by atoms with van der Waals surface area (Å²) in [5.74, 6) is -0.537. The molecule has 1 amide bonds. The van der Waals surface area contributed by atoms with Crippen molar-refractivity contribution in [2.75, 3.05) is 19.7 Å². The van der Waals surface area contributed by atoms with Gasteiger partial charge in [0.05, 0.1) is 19.1 Å². The average molecular weight is 335 g/mol. The van der Waals surface area contributed by atoms with Gasteiger partial charge in [0.15, 0.2) is 0 Å². The fraction of sp³-hybridized carbons (Fsp3) is 0.579. The molecule has 1 unspecified atom stereocenters. The molecule has 0 aromatic heterocycles. The van der Waals surface area contributed by atoms with Crippen LogP contribution in [0.25, 0.3) is 0 Å². The average Bonchev–Trinajstić information content (AvgIpc) is 2.50. The van der Waals surface area contributed by atoms with Gasteiger partial charge in [-0.2, -0.15) is 0 Å². The molecule has 0 radical (unpaired) electrons. The number of esters is 1. The lowest BCUT2D eigenvalue weighted by Crippen LogP contribution is -2.38. The van der Waals surface area contributed by atoms with Crippen LogP contribution in [0.5, 0.6) is 0 Å². The van der Waals surface area contributed by atoms with Crippen molar-refractivity contribution in [3.05, 3.63) is 35.4 Å². The maximum absolute atomic E-state index is 12.7. The van der Waals surface area contributed by atoms with E-state index in [9.17, 15) is 14.7 Å². The molecule has 0 saturated carbocycles. The van der Waals surface area contributed by atoms with Gasteiger partial charge in [0, 0.05) is 18.7 Å². The summed E-state index contributed by atoms with van der Waals surface area (Å²) in [5.41, 5.74) is 1.71. The number of hydrogen-bond acceptors (Lipinski definition) is 4. The third-order valence-corrected chi connectivity index (χ3v) is 3.66. The minimum atomic E-state index is -0.662. The van der Waals surface area contributed by atoms with Crippen LogP contribution in [0.4, 0.5) is 0 Å². The van der Waals surface area contributed by atoms with E-state index in [0.29, 0.717) is 12.2 Å². The van der Waals surface area contributed by atoms with Crippen LogP contribution in [-0.4, -0.2) is 47.7 Å². The summed E-state index contributed by atoms with van der Waals surface area (Å²) in [6, 6.07) is 7.48. The summed E-state index contributed by atoms with van der Waals surface area (Å²) >= 11 is 0. The van der Waals surface area contributed by atoms with E-state index in [-0.39, 0.29) is 36.8 Å². The molecule has 5 heteroatoms. The molecule has 0 spiro atoms. The molecule has 0 aliphatic rings. The summed E-state index contributed by atoms with van der Waals surface area (Å²) in [6.07, 6.45) is -0.545. The van der Waals surface area contributed by atoms with E-state index < -0.39 is 6.10 Å². The molecule has 1 atom stereocenters. The number of ether oxygens (including phenoxy) is 1. The van der Waals surface area contributed by atoms with E-state index in [2.05, 4.69) is 20.8 Å². The first-order valence-electron chi connectivity index (χ1n) is 8.38. The molecule has 5 nitrogen and oxygen atoms in total. The number of aliphatic hydroxyl groups excluding tert-OH is 1. The minimum absolute atomic E-state index is 0.0186. The van der Waals surface area contributed by atoms with Gasteiger partial charge in [-0.25, -0.2) is 0 Å². The van der Waals surface area contributed by atoms with Gasteiger partial charge in [-0.05, 0) is 37.0 Å². The molecule has 0 aliphatic carbocycles. The molecule has 1 N–H and O–H groups in total. The van der Waals surface area contributed by atoms with Gasteiger partial charge in [-0.1, -0.05) is 32.9 Å². The highest BCUT2D eigenvalue weighted by Crippen LogP contribution is 2.22. The first-order valence-corrected chi connectivity index (χ1v) is 8.38. The Morgan fingerprint density at radius 3 is 2.25 bits per heavy atom. The summed E-state index contributed by atoms with van der Waals surface area (Å²) in [4.78, 5) is 25.7. The van der Waals surface area contributed by atoms with Crippen molar-refractivity contribution in [1.29, 1.82) is 0 Å². The Morgan fingerprint density at radius 2 is 1.79 bits per heavy atom. The van der Waals surface area contributed by atoms with Crippen LogP contribution in [0.15, 0.2) is 24.3 Å². The zero-order chi connectivity index (χ0) is 18.3. The Morgan fingerprint density at radius 1 is 1.21 bits per heavy atom. The number of benzene rings is 1. The zero-order valence-corrected chi connectivity index (χ0v) is 15.3. The van der Waals surface area contributed by atoms with Gasteiger partial charge in [0.1, 0.15) is 0 Å². The Bertz CT molecular complexity index is 543. The third kappa shape index (κ3) is 6.32. The molecule has 24 heavy (non-hydrogen) atoms. The molecule has 1 aromatic rings. The molecule has 0 bridgehead atoms. The van der Waals surface area contributed by atoms with E-state index in [0.717, 1.165) is 5.56 Å². The van der Waals surface area contributed by atoms with Crippen LogP contribution in [0.2, 0.25) is 0 Å². The van der Waals surface area contributed by atoms with E-state index in [1.54, 1.807) is 26.0 Å². The molecule has 0 heterocycles.